The number of amides is 1. The number of hydrogen-bond donors (Lipinski definition) is 1. The number of likely N-dealkylation sites (N-methyl/N-ethyl adjacent to an activating group) is 1. The fourth-order valence-corrected chi connectivity index (χ4v) is 4.17. The summed E-state index contributed by atoms with van der Waals surface area (Å²) < 4.78 is 26.4. The second kappa shape index (κ2) is 10.2. The van der Waals surface area contributed by atoms with E-state index in [1.807, 2.05) is 0 Å². The summed E-state index contributed by atoms with van der Waals surface area (Å²) in [5, 5.41) is 3.23. The molecule has 0 saturated carbocycles. The van der Waals surface area contributed by atoms with Gasteiger partial charge >= 0.3 is 0 Å². The quantitative estimate of drug-likeness (QED) is 0.648. The first-order chi connectivity index (χ1) is 12.2. The Morgan fingerprint density at radius 3 is 2.33 bits per heavy atom. The summed E-state index contributed by atoms with van der Waals surface area (Å²) in [7, 11) is -0.322. The Bertz CT molecular complexity index is 746. The summed E-state index contributed by atoms with van der Waals surface area (Å²) in [4.78, 5) is 25.4. The molecule has 1 aliphatic heterocycles. The zero-order valence-electron chi connectivity index (χ0n) is 16.0. The van der Waals surface area contributed by atoms with E-state index in [1.54, 1.807) is 11.9 Å². The number of rotatable bonds is 8. The van der Waals surface area contributed by atoms with Crippen molar-refractivity contribution in [1.29, 1.82) is 0 Å². The molecule has 1 saturated heterocycles. The van der Waals surface area contributed by atoms with E-state index < -0.39 is 10.0 Å². The molecule has 0 bridgehead atoms. The fraction of sp³-hybridized carbons (Fsp3) is 0.556. The number of nitrogens with zero attached hydrogens (tertiary/aromatic N) is 2. The van der Waals surface area contributed by atoms with Gasteiger partial charge in [-0.1, -0.05) is 12.1 Å². The van der Waals surface area contributed by atoms with Gasteiger partial charge in [0.15, 0.2) is 5.78 Å². The first-order valence-corrected chi connectivity index (χ1v) is 10.2. The predicted molar refractivity (Wildman–Crippen MR) is 107 cm³/mol. The number of Topliss-reactive ketones (excluding diaryl/α,β-unsaturated/α-hetero) is 1. The van der Waals surface area contributed by atoms with E-state index in [4.69, 9.17) is 0 Å². The van der Waals surface area contributed by atoms with E-state index in [1.165, 1.54) is 42.5 Å². The third kappa shape index (κ3) is 6.00. The average Bonchev–Trinajstić information content (AvgIpc) is 3.15. The lowest BCUT2D eigenvalue weighted by atomic mass is 10.2. The molecule has 0 spiro atoms. The molecule has 0 aromatic heterocycles. The van der Waals surface area contributed by atoms with Crippen LogP contribution in [0.15, 0.2) is 29.2 Å². The standard InChI is InChI=1S/C18H27N3O4S.ClH/c1-14(22)15-6-8-17(9-7-15)26(24,25)20(2)12-4-5-18(23)21(3)16-10-11-19-13-16;/h6-9,16,19H,4-5,10-13H2,1-3H3;1H. The van der Waals surface area contributed by atoms with Crippen molar-refractivity contribution in [2.75, 3.05) is 33.7 Å². The van der Waals surface area contributed by atoms with Gasteiger partial charge < -0.3 is 10.2 Å². The number of sulfonamides is 1. The van der Waals surface area contributed by atoms with Gasteiger partial charge in [0, 0.05) is 45.2 Å². The van der Waals surface area contributed by atoms with Gasteiger partial charge in [-0.05, 0) is 38.4 Å². The summed E-state index contributed by atoms with van der Waals surface area (Å²) in [6.45, 7) is 3.43. The van der Waals surface area contributed by atoms with Crippen LogP contribution in [0.1, 0.15) is 36.5 Å². The van der Waals surface area contributed by atoms with E-state index in [9.17, 15) is 18.0 Å². The SMILES string of the molecule is CC(=O)c1ccc(S(=O)(=O)N(C)CCCC(=O)N(C)C2CCNC2)cc1.Cl. The van der Waals surface area contributed by atoms with Crippen LogP contribution < -0.4 is 5.32 Å². The number of nitrogens with one attached hydrogen (secondary N) is 1. The minimum Gasteiger partial charge on any atom is -0.341 e. The van der Waals surface area contributed by atoms with Gasteiger partial charge in [-0.25, -0.2) is 12.7 Å². The van der Waals surface area contributed by atoms with Crippen LogP contribution in [-0.2, 0) is 14.8 Å². The molecule has 1 unspecified atom stereocenters. The minimum absolute atomic E-state index is 0. The van der Waals surface area contributed by atoms with E-state index in [0.29, 0.717) is 18.4 Å². The maximum atomic E-state index is 12.6. The average molecular weight is 418 g/mol. The largest absolute Gasteiger partial charge is 0.341 e. The van der Waals surface area contributed by atoms with Crippen molar-refractivity contribution >= 4 is 34.1 Å². The lowest BCUT2D eigenvalue weighted by molar-refractivity contribution is -0.131. The maximum absolute atomic E-state index is 12.6. The lowest BCUT2D eigenvalue weighted by Crippen LogP contribution is -2.38. The molecule has 0 radical (unpaired) electrons. The van der Waals surface area contributed by atoms with Crippen LogP contribution in [0.4, 0.5) is 0 Å². The van der Waals surface area contributed by atoms with Crippen molar-refractivity contribution in [1.82, 2.24) is 14.5 Å². The van der Waals surface area contributed by atoms with Crippen LogP contribution in [0.25, 0.3) is 0 Å². The molecule has 1 fully saturated rings. The Hall–Kier alpha value is -1.48. The molecule has 152 valence electrons. The highest BCUT2D eigenvalue weighted by molar-refractivity contribution is 7.89. The van der Waals surface area contributed by atoms with Crippen molar-refractivity contribution in [3.63, 3.8) is 0 Å². The molecule has 1 amide bonds. The van der Waals surface area contributed by atoms with E-state index in [2.05, 4.69) is 5.32 Å². The molecule has 1 atom stereocenters. The third-order valence-electron chi connectivity index (χ3n) is 4.81. The van der Waals surface area contributed by atoms with Gasteiger partial charge in [0.25, 0.3) is 0 Å². The number of ketones is 1. The van der Waals surface area contributed by atoms with Crippen LogP contribution in [0.3, 0.4) is 0 Å². The highest BCUT2D eigenvalue weighted by Gasteiger charge is 2.24. The third-order valence-corrected chi connectivity index (χ3v) is 6.68. The number of hydrogen-bond acceptors (Lipinski definition) is 5. The van der Waals surface area contributed by atoms with Crippen LogP contribution in [0.2, 0.25) is 0 Å². The van der Waals surface area contributed by atoms with Gasteiger partial charge in [-0.2, -0.15) is 0 Å². The molecule has 1 aromatic rings. The van der Waals surface area contributed by atoms with Gasteiger partial charge in [0.1, 0.15) is 0 Å². The topological polar surface area (TPSA) is 86.8 Å². The number of benzene rings is 1. The van der Waals surface area contributed by atoms with Crippen LogP contribution in [-0.4, -0.2) is 69.1 Å². The van der Waals surface area contributed by atoms with Crippen molar-refractivity contribution < 1.29 is 18.0 Å². The van der Waals surface area contributed by atoms with Crippen molar-refractivity contribution in [3.05, 3.63) is 29.8 Å². The van der Waals surface area contributed by atoms with Gasteiger partial charge in [-0.3, -0.25) is 9.59 Å². The lowest BCUT2D eigenvalue weighted by Gasteiger charge is -2.24. The summed E-state index contributed by atoms with van der Waals surface area (Å²) in [6, 6.07) is 6.13. The van der Waals surface area contributed by atoms with E-state index in [0.717, 1.165) is 19.5 Å². The van der Waals surface area contributed by atoms with Crippen molar-refractivity contribution in [2.45, 2.75) is 37.1 Å². The molecule has 1 aromatic carbocycles. The maximum Gasteiger partial charge on any atom is 0.242 e. The Kier molecular flexibility index (Phi) is 8.87. The van der Waals surface area contributed by atoms with Crippen LogP contribution in [0.5, 0.6) is 0 Å². The molecule has 1 N–H and O–H groups in total. The fourth-order valence-electron chi connectivity index (χ4n) is 2.96. The normalized spacial score (nSPS) is 16.8. The van der Waals surface area contributed by atoms with Gasteiger partial charge in [0.2, 0.25) is 15.9 Å². The van der Waals surface area contributed by atoms with Gasteiger partial charge in [-0.15, -0.1) is 12.4 Å². The second-order valence-corrected chi connectivity index (χ2v) is 8.71. The molecule has 2 rings (SSSR count). The molecule has 9 heteroatoms. The number of carbonyl (C=O) groups is 2. The smallest absolute Gasteiger partial charge is 0.242 e. The molecular weight excluding hydrogens is 390 g/mol. The number of halogens is 1. The van der Waals surface area contributed by atoms with Crippen molar-refractivity contribution in [3.8, 4) is 0 Å². The molecular formula is C18H28ClN3O4S. The van der Waals surface area contributed by atoms with Crippen molar-refractivity contribution in [2.24, 2.45) is 0 Å². The highest BCUT2D eigenvalue weighted by atomic mass is 35.5. The summed E-state index contributed by atoms with van der Waals surface area (Å²) >= 11 is 0. The summed E-state index contributed by atoms with van der Waals surface area (Å²) in [5.74, 6) is -0.0716. The molecule has 1 heterocycles. The second-order valence-electron chi connectivity index (χ2n) is 6.66. The molecule has 7 nitrogen and oxygen atoms in total. The van der Waals surface area contributed by atoms with Crippen LogP contribution >= 0.6 is 12.4 Å². The highest BCUT2D eigenvalue weighted by Crippen LogP contribution is 2.16. The Labute approximate surface area is 167 Å². The van der Waals surface area contributed by atoms with Crippen LogP contribution in [0, 0.1) is 0 Å². The monoisotopic (exact) mass is 417 g/mol. The predicted octanol–water partition coefficient (Wildman–Crippen LogP) is 1.53. The van der Waals surface area contributed by atoms with E-state index >= 15 is 0 Å². The Morgan fingerprint density at radius 1 is 1.19 bits per heavy atom. The first kappa shape index (κ1) is 23.6. The molecule has 0 aliphatic carbocycles. The molecule has 27 heavy (non-hydrogen) atoms. The zero-order valence-corrected chi connectivity index (χ0v) is 17.6. The summed E-state index contributed by atoms with van der Waals surface area (Å²) in [6.07, 6.45) is 1.73. The Balaban J connectivity index is 0.00000364. The molecule has 1 aliphatic rings. The summed E-state index contributed by atoms with van der Waals surface area (Å²) in [5.41, 5.74) is 0.474. The number of carbonyl (C=O) groups excluding carboxylic acids is 2. The zero-order chi connectivity index (χ0) is 19.3. The Morgan fingerprint density at radius 2 is 1.81 bits per heavy atom. The van der Waals surface area contributed by atoms with E-state index in [-0.39, 0.29) is 41.6 Å². The minimum atomic E-state index is -3.63. The first-order valence-electron chi connectivity index (χ1n) is 8.77. The van der Waals surface area contributed by atoms with Gasteiger partial charge in [0.05, 0.1) is 4.90 Å².